The van der Waals surface area contributed by atoms with Crippen LogP contribution in [0.15, 0.2) is 18.2 Å². The number of aromatic nitrogens is 2. The number of H-pyrrole nitrogens is 1. The SMILES string of the molecule is Cc1ccc2nc(CCNC(=O)N(C)C[C@H](O)CO)[nH]c2c1. The number of rotatable bonds is 6. The van der Waals surface area contributed by atoms with Crippen molar-refractivity contribution in [3.63, 3.8) is 0 Å². The molecule has 2 amide bonds. The molecule has 1 aromatic carbocycles. The summed E-state index contributed by atoms with van der Waals surface area (Å²) in [4.78, 5) is 20.8. The smallest absolute Gasteiger partial charge is 0.317 e. The standard InChI is InChI=1S/C15H22N4O3/c1-10-3-4-12-13(7-10)18-14(17-12)5-6-16-15(22)19(2)8-11(21)9-20/h3-4,7,11,20-21H,5-6,8-9H2,1-2H3,(H,16,22)(H,17,18)/t11-/m0/s1. The molecule has 2 aromatic rings. The minimum Gasteiger partial charge on any atom is -0.394 e. The molecule has 4 N–H and O–H groups in total. The Hall–Kier alpha value is -2.12. The van der Waals surface area contributed by atoms with E-state index < -0.39 is 6.10 Å². The number of aliphatic hydroxyl groups excluding tert-OH is 2. The van der Waals surface area contributed by atoms with Crippen molar-refractivity contribution in [3.8, 4) is 0 Å². The van der Waals surface area contributed by atoms with Crippen molar-refractivity contribution in [1.29, 1.82) is 0 Å². The summed E-state index contributed by atoms with van der Waals surface area (Å²) in [7, 11) is 1.57. The first kappa shape index (κ1) is 16.3. The summed E-state index contributed by atoms with van der Waals surface area (Å²) in [6, 6.07) is 5.72. The minimum absolute atomic E-state index is 0.0895. The van der Waals surface area contributed by atoms with Crippen LogP contribution in [-0.4, -0.2) is 64.0 Å². The van der Waals surface area contributed by atoms with Crippen LogP contribution in [0.1, 0.15) is 11.4 Å². The van der Waals surface area contributed by atoms with E-state index >= 15 is 0 Å². The summed E-state index contributed by atoms with van der Waals surface area (Å²) in [5.41, 5.74) is 3.07. The molecule has 0 spiro atoms. The molecule has 0 radical (unpaired) electrons. The summed E-state index contributed by atoms with van der Waals surface area (Å²) in [5.74, 6) is 0.818. The van der Waals surface area contributed by atoms with Crippen LogP contribution in [0.4, 0.5) is 4.79 Å². The zero-order chi connectivity index (χ0) is 16.1. The van der Waals surface area contributed by atoms with Crippen LogP contribution in [0.2, 0.25) is 0 Å². The van der Waals surface area contributed by atoms with Crippen LogP contribution in [-0.2, 0) is 6.42 Å². The number of hydrogen-bond acceptors (Lipinski definition) is 4. The molecule has 2 rings (SSSR count). The number of benzene rings is 1. The van der Waals surface area contributed by atoms with E-state index in [9.17, 15) is 9.90 Å². The number of carbonyl (C=O) groups excluding carboxylic acids is 1. The van der Waals surface area contributed by atoms with Crippen LogP contribution in [0, 0.1) is 6.92 Å². The van der Waals surface area contributed by atoms with Crippen molar-refractivity contribution in [1.82, 2.24) is 20.2 Å². The second-order valence-electron chi connectivity index (χ2n) is 5.40. The Labute approximate surface area is 129 Å². The second kappa shape index (κ2) is 7.24. The lowest BCUT2D eigenvalue weighted by Crippen LogP contribution is -2.42. The molecule has 0 aliphatic heterocycles. The van der Waals surface area contributed by atoms with Crippen molar-refractivity contribution >= 4 is 17.1 Å². The van der Waals surface area contributed by atoms with Gasteiger partial charge < -0.3 is 25.4 Å². The van der Waals surface area contributed by atoms with Gasteiger partial charge in [-0.1, -0.05) is 6.07 Å². The van der Waals surface area contributed by atoms with Gasteiger partial charge in [-0.3, -0.25) is 0 Å². The van der Waals surface area contributed by atoms with Gasteiger partial charge >= 0.3 is 6.03 Å². The number of fused-ring (bicyclic) bond motifs is 1. The number of nitrogens with zero attached hydrogens (tertiary/aromatic N) is 2. The maximum atomic E-state index is 11.8. The quantitative estimate of drug-likeness (QED) is 0.621. The number of amides is 2. The fraction of sp³-hybridized carbons (Fsp3) is 0.467. The molecule has 1 atom stereocenters. The highest BCUT2D eigenvalue weighted by atomic mass is 16.3. The van der Waals surface area contributed by atoms with Crippen molar-refractivity contribution in [2.75, 3.05) is 26.7 Å². The minimum atomic E-state index is -0.922. The number of urea groups is 1. The third-order valence-electron chi connectivity index (χ3n) is 3.37. The largest absolute Gasteiger partial charge is 0.394 e. The van der Waals surface area contributed by atoms with E-state index in [1.165, 1.54) is 10.5 Å². The Bertz CT molecular complexity index is 641. The molecule has 0 saturated heterocycles. The number of likely N-dealkylation sites (N-methyl/N-ethyl adjacent to an activating group) is 1. The van der Waals surface area contributed by atoms with E-state index in [-0.39, 0.29) is 19.2 Å². The molecule has 0 saturated carbocycles. The third kappa shape index (κ3) is 4.19. The molecule has 0 aliphatic rings. The number of imidazole rings is 1. The summed E-state index contributed by atoms with van der Waals surface area (Å²) in [6.45, 7) is 2.19. The van der Waals surface area contributed by atoms with Gasteiger partial charge in [0.1, 0.15) is 5.82 Å². The van der Waals surface area contributed by atoms with Gasteiger partial charge in [0.25, 0.3) is 0 Å². The average Bonchev–Trinajstić information content (AvgIpc) is 2.88. The Morgan fingerprint density at radius 3 is 3.00 bits per heavy atom. The number of aryl methyl sites for hydroxylation is 1. The van der Waals surface area contributed by atoms with Crippen LogP contribution in [0.25, 0.3) is 11.0 Å². The predicted molar refractivity (Wildman–Crippen MR) is 83.7 cm³/mol. The van der Waals surface area contributed by atoms with Gasteiger partial charge in [0.2, 0.25) is 0 Å². The molecule has 1 heterocycles. The highest BCUT2D eigenvalue weighted by Gasteiger charge is 2.12. The number of aliphatic hydroxyl groups is 2. The van der Waals surface area contributed by atoms with Gasteiger partial charge in [-0.05, 0) is 24.6 Å². The maximum Gasteiger partial charge on any atom is 0.317 e. The molecule has 22 heavy (non-hydrogen) atoms. The lowest BCUT2D eigenvalue weighted by molar-refractivity contribution is 0.0733. The molecule has 1 aromatic heterocycles. The molecule has 0 aliphatic carbocycles. The van der Waals surface area contributed by atoms with Crippen molar-refractivity contribution in [2.24, 2.45) is 0 Å². The van der Waals surface area contributed by atoms with Crippen LogP contribution < -0.4 is 5.32 Å². The van der Waals surface area contributed by atoms with Crippen molar-refractivity contribution in [3.05, 3.63) is 29.6 Å². The number of carbonyl (C=O) groups is 1. The normalized spacial score (nSPS) is 12.4. The molecule has 0 unspecified atom stereocenters. The van der Waals surface area contributed by atoms with Crippen LogP contribution >= 0.6 is 0 Å². The first-order valence-corrected chi connectivity index (χ1v) is 7.22. The number of nitrogens with one attached hydrogen (secondary N) is 2. The highest BCUT2D eigenvalue weighted by molar-refractivity contribution is 5.76. The van der Waals surface area contributed by atoms with E-state index in [0.29, 0.717) is 13.0 Å². The zero-order valence-corrected chi connectivity index (χ0v) is 12.8. The molecule has 120 valence electrons. The van der Waals surface area contributed by atoms with E-state index in [1.54, 1.807) is 7.05 Å². The zero-order valence-electron chi connectivity index (χ0n) is 12.8. The van der Waals surface area contributed by atoms with Gasteiger partial charge in [-0.25, -0.2) is 9.78 Å². The van der Waals surface area contributed by atoms with Crippen LogP contribution in [0.3, 0.4) is 0 Å². The maximum absolute atomic E-state index is 11.8. The van der Waals surface area contributed by atoms with Gasteiger partial charge in [-0.15, -0.1) is 0 Å². The second-order valence-corrected chi connectivity index (χ2v) is 5.40. The Morgan fingerprint density at radius 2 is 2.27 bits per heavy atom. The summed E-state index contributed by atoms with van der Waals surface area (Å²) in [6.07, 6.45) is -0.329. The van der Waals surface area contributed by atoms with E-state index in [2.05, 4.69) is 15.3 Å². The third-order valence-corrected chi connectivity index (χ3v) is 3.37. The van der Waals surface area contributed by atoms with E-state index in [0.717, 1.165) is 16.9 Å². The predicted octanol–water partition coefficient (Wildman–Crippen LogP) is 0.408. The molecule has 0 bridgehead atoms. The van der Waals surface area contributed by atoms with Crippen molar-refractivity contribution in [2.45, 2.75) is 19.4 Å². The lowest BCUT2D eigenvalue weighted by atomic mass is 10.2. The number of hydrogen-bond donors (Lipinski definition) is 4. The Morgan fingerprint density at radius 1 is 1.50 bits per heavy atom. The molecule has 0 fully saturated rings. The van der Waals surface area contributed by atoms with Gasteiger partial charge in [0.05, 0.1) is 30.3 Å². The molecular formula is C15H22N4O3. The Kier molecular flexibility index (Phi) is 5.35. The van der Waals surface area contributed by atoms with Gasteiger partial charge in [-0.2, -0.15) is 0 Å². The van der Waals surface area contributed by atoms with Crippen LogP contribution in [0.5, 0.6) is 0 Å². The first-order chi connectivity index (χ1) is 10.5. The average molecular weight is 306 g/mol. The molecule has 7 heteroatoms. The summed E-state index contributed by atoms with van der Waals surface area (Å²) < 4.78 is 0. The van der Waals surface area contributed by atoms with Crippen molar-refractivity contribution < 1.29 is 15.0 Å². The summed E-state index contributed by atoms with van der Waals surface area (Å²) >= 11 is 0. The topological polar surface area (TPSA) is 101 Å². The van der Waals surface area contributed by atoms with Gasteiger partial charge in [0.15, 0.2) is 0 Å². The van der Waals surface area contributed by atoms with E-state index in [1.807, 2.05) is 25.1 Å². The van der Waals surface area contributed by atoms with E-state index in [4.69, 9.17) is 5.11 Å². The number of aromatic amines is 1. The Balaban J connectivity index is 1.83. The fourth-order valence-electron chi connectivity index (χ4n) is 2.17. The monoisotopic (exact) mass is 306 g/mol. The first-order valence-electron chi connectivity index (χ1n) is 7.22. The summed E-state index contributed by atoms with van der Waals surface area (Å²) in [5, 5.41) is 20.8. The molecular weight excluding hydrogens is 284 g/mol. The van der Waals surface area contributed by atoms with Gasteiger partial charge in [0, 0.05) is 20.0 Å². The fourth-order valence-corrected chi connectivity index (χ4v) is 2.17. The lowest BCUT2D eigenvalue weighted by Gasteiger charge is -2.20. The molecule has 7 nitrogen and oxygen atoms in total. The highest BCUT2D eigenvalue weighted by Crippen LogP contribution is 2.13.